The Kier molecular flexibility index (Phi) is 8.97. The highest BCUT2D eigenvalue weighted by atomic mass is 16.6. The molecule has 8 unspecified atom stereocenters. The zero-order valence-electron chi connectivity index (χ0n) is 26.6. The second kappa shape index (κ2) is 12.2. The van der Waals surface area contributed by atoms with Crippen molar-refractivity contribution in [2.75, 3.05) is 12.4 Å². The molecule has 5 rings (SSSR count). The molecule has 7 heteroatoms. The summed E-state index contributed by atoms with van der Waals surface area (Å²) in [4.78, 5) is 23.6. The van der Waals surface area contributed by atoms with Gasteiger partial charge in [0, 0.05) is 18.6 Å². The number of carbonyl (C=O) groups excluding carboxylic acids is 1. The second-order valence-corrected chi connectivity index (χ2v) is 14.8. The van der Waals surface area contributed by atoms with E-state index in [0.717, 1.165) is 61.2 Å². The predicted molar refractivity (Wildman–Crippen MR) is 167 cm³/mol. The molecule has 0 aliphatic heterocycles. The number of nitrogens with zero attached hydrogens (tertiary/aromatic N) is 1. The normalized spacial score (nSPS) is 34.5. The minimum absolute atomic E-state index is 0.112. The second-order valence-electron chi connectivity index (χ2n) is 14.8. The van der Waals surface area contributed by atoms with E-state index < -0.39 is 11.0 Å². The summed E-state index contributed by atoms with van der Waals surface area (Å²) in [5, 5.41) is 13.9. The van der Waals surface area contributed by atoms with Crippen molar-refractivity contribution in [2.24, 2.45) is 46.3 Å². The molecule has 4 aliphatic carbocycles. The summed E-state index contributed by atoms with van der Waals surface area (Å²) in [6.45, 7) is 12.4. The van der Waals surface area contributed by atoms with Gasteiger partial charge in [-0.2, -0.15) is 0 Å². The van der Waals surface area contributed by atoms with Crippen LogP contribution in [0.4, 0.5) is 16.2 Å². The van der Waals surface area contributed by atoms with Crippen molar-refractivity contribution in [2.45, 2.75) is 111 Å². The fourth-order valence-corrected chi connectivity index (χ4v) is 9.95. The average Bonchev–Trinajstić information content (AvgIpc) is 3.30. The Hall–Kier alpha value is -2.57. The van der Waals surface area contributed by atoms with Crippen LogP contribution in [-0.2, 0) is 4.74 Å². The van der Waals surface area contributed by atoms with Crippen molar-refractivity contribution >= 4 is 17.5 Å². The highest BCUT2D eigenvalue weighted by Crippen LogP contribution is 2.67. The number of benzene rings is 1. The molecule has 1 N–H and O–H groups in total. The first-order valence-electron chi connectivity index (χ1n) is 16.5. The van der Waals surface area contributed by atoms with Crippen LogP contribution < -0.4 is 10.1 Å². The molecular formula is C35H52N2O5. The van der Waals surface area contributed by atoms with Crippen molar-refractivity contribution < 1.29 is 19.2 Å². The van der Waals surface area contributed by atoms with E-state index >= 15 is 0 Å². The minimum Gasteiger partial charge on any atom is -0.495 e. The lowest BCUT2D eigenvalue weighted by atomic mass is 9.47. The van der Waals surface area contributed by atoms with Crippen LogP contribution in [0.25, 0.3) is 0 Å². The molecule has 0 saturated heterocycles. The highest BCUT2D eigenvalue weighted by molar-refractivity contribution is 5.87. The number of carbonyl (C=O) groups is 1. The quantitative estimate of drug-likeness (QED) is 0.178. The Labute approximate surface area is 252 Å². The van der Waals surface area contributed by atoms with Crippen LogP contribution in [0, 0.1) is 56.5 Å². The lowest BCUT2D eigenvalue weighted by molar-refractivity contribution is -0.384. The van der Waals surface area contributed by atoms with E-state index in [-0.39, 0.29) is 22.9 Å². The maximum Gasteiger partial charge on any atom is 0.412 e. The number of ether oxygens (including phenoxy) is 2. The van der Waals surface area contributed by atoms with Crippen LogP contribution in [0.1, 0.15) is 105 Å². The van der Waals surface area contributed by atoms with Crippen LogP contribution in [0.15, 0.2) is 29.8 Å². The number of hydrogen-bond acceptors (Lipinski definition) is 5. The number of nitro benzene ring substituents is 1. The number of rotatable bonds is 9. The molecule has 1 aromatic carbocycles. The van der Waals surface area contributed by atoms with Crippen LogP contribution in [0.2, 0.25) is 0 Å². The Morgan fingerprint density at radius 3 is 2.60 bits per heavy atom. The molecular weight excluding hydrogens is 528 g/mol. The van der Waals surface area contributed by atoms with Gasteiger partial charge < -0.3 is 9.47 Å². The third kappa shape index (κ3) is 5.81. The van der Waals surface area contributed by atoms with E-state index in [2.05, 4.69) is 46.0 Å². The van der Waals surface area contributed by atoms with Gasteiger partial charge in [0.05, 0.1) is 17.7 Å². The van der Waals surface area contributed by atoms with Crippen molar-refractivity contribution in [1.82, 2.24) is 0 Å². The van der Waals surface area contributed by atoms with E-state index in [4.69, 9.17) is 9.47 Å². The summed E-state index contributed by atoms with van der Waals surface area (Å²) in [6, 6.07) is 4.14. The summed E-state index contributed by atoms with van der Waals surface area (Å²) in [5.74, 6) is 5.16. The van der Waals surface area contributed by atoms with Gasteiger partial charge in [0.1, 0.15) is 11.9 Å². The van der Waals surface area contributed by atoms with Gasteiger partial charge in [0.2, 0.25) is 0 Å². The van der Waals surface area contributed by atoms with E-state index in [0.29, 0.717) is 11.2 Å². The Bertz CT molecular complexity index is 1200. The number of methoxy groups -OCH3 is 1. The molecule has 8 atom stereocenters. The SMILES string of the molecule is COc1ccc([N+](=O)[O-])cc1NC(=O)OC1CCC2(C)C(=CCC3C2CCC2(C)C(C(C)CCCC(C)C)CCC32)C1. The number of anilines is 1. The number of fused-ring (bicyclic) bond motifs is 5. The first-order chi connectivity index (χ1) is 20.0. The predicted octanol–water partition coefficient (Wildman–Crippen LogP) is 9.56. The monoisotopic (exact) mass is 580 g/mol. The molecule has 7 nitrogen and oxygen atoms in total. The molecule has 0 heterocycles. The zero-order valence-corrected chi connectivity index (χ0v) is 26.6. The van der Waals surface area contributed by atoms with Gasteiger partial charge in [0.15, 0.2) is 0 Å². The maximum atomic E-state index is 12.9. The molecule has 1 amide bonds. The minimum atomic E-state index is -0.593. The zero-order chi connectivity index (χ0) is 30.2. The first-order valence-corrected chi connectivity index (χ1v) is 16.5. The molecule has 1 aromatic rings. The summed E-state index contributed by atoms with van der Waals surface area (Å²) in [6.07, 6.45) is 15.1. The Balaban J connectivity index is 1.22. The molecule has 0 bridgehead atoms. The fourth-order valence-electron chi connectivity index (χ4n) is 9.95. The van der Waals surface area contributed by atoms with Crippen molar-refractivity contribution in [3.63, 3.8) is 0 Å². The van der Waals surface area contributed by atoms with Crippen LogP contribution in [-0.4, -0.2) is 24.2 Å². The molecule has 4 aliphatic rings. The molecule has 232 valence electrons. The van der Waals surface area contributed by atoms with Gasteiger partial charge >= 0.3 is 6.09 Å². The number of hydrogen-bond donors (Lipinski definition) is 1. The number of nitrogens with one attached hydrogen (secondary N) is 1. The van der Waals surface area contributed by atoms with E-state index in [9.17, 15) is 14.9 Å². The van der Waals surface area contributed by atoms with Crippen LogP contribution in [0.3, 0.4) is 0 Å². The van der Waals surface area contributed by atoms with Gasteiger partial charge in [-0.1, -0.05) is 65.5 Å². The Morgan fingerprint density at radius 1 is 1.10 bits per heavy atom. The third-order valence-electron chi connectivity index (χ3n) is 12.2. The number of amides is 1. The number of nitro groups is 1. The number of non-ortho nitro benzene ring substituents is 1. The van der Waals surface area contributed by atoms with Crippen molar-refractivity contribution in [1.29, 1.82) is 0 Å². The summed E-state index contributed by atoms with van der Waals surface area (Å²) in [5.41, 5.74) is 2.27. The van der Waals surface area contributed by atoms with Gasteiger partial charge in [-0.3, -0.25) is 15.4 Å². The summed E-state index contributed by atoms with van der Waals surface area (Å²) < 4.78 is 11.2. The maximum absolute atomic E-state index is 12.9. The van der Waals surface area contributed by atoms with Crippen LogP contribution >= 0.6 is 0 Å². The van der Waals surface area contributed by atoms with E-state index in [1.54, 1.807) is 0 Å². The first kappa shape index (κ1) is 30.9. The van der Waals surface area contributed by atoms with Gasteiger partial charge in [0.25, 0.3) is 5.69 Å². The molecule has 3 saturated carbocycles. The summed E-state index contributed by atoms with van der Waals surface area (Å²) >= 11 is 0. The van der Waals surface area contributed by atoms with Crippen LogP contribution in [0.5, 0.6) is 5.75 Å². The van der Waals surface area contributed by atoms with E-state index in [1.807, 2.05) is 0 Å². The Morgan fingerprint density at radius 2 is 1.88 bits per heavy atom. The van der Waals surface area contributed by atoms with Crippen molar-refractivity contribution in [3.8, 4) is 5.75 Å². The molecule has 0 radical (unpaired) electrons. The molecule has 0 aromatic heterocycles. The van der Waals surface area contributed by atoms with Gasteiger partial charge in [-0.25, -0.2) is 4.79 Å². The molecule has 3 fully saturated rings. The highest BCUT2D eigenvalue weighted by Gasteiger charge is 2.59. The standard InChI is InChI=1S/C35H52N2O5/c1-22(2)8-7-9-23(3)28-13-14-29-27-12-10-24-20-26(16-18-34(24,4)30(27)17-19-35(28,29)5)42-33(38)36-31-21-25(37(39)40)11-15-32(31)41-6/h10-11,15,21-23,26-30H,7-9,12-14,16-20H2,1-6H3,(H,36,38). The lowest BCUT2D eigenvalue weighted by Crippen LogP contribution is -2.51. The van der Waals surface area contributed by atoms with Gasteiger partial charge in [-0.15, -0.1) is 0 Å². The topological polar surface area (TPSA) is 90.7 Å². The lowest BCUT2D eigenvalue weighted by Gasteiger charge is -2.58. The largest absolute Gasteiger partial charge is 0.495 e. The smallest absolute Gasteiger partial charge is 0.412 e. The average molecular weight is 581 g/mol. The van der Waals surface area contributed by atoms with E-state index in [1.165, 1.54) is 75.8 Å². The summed E-state index contributed by atoms with van der Waals surface area (Å²) in [7, 11) is 1.47. The third-order valence-corrected chi connectivity index (χ3v) is 12.2. The molecule has 0 spiro atoms. The molecule has 42 heavy (non-hydrogen) atoms. The van der Waals surface area contributed by atoms with Crippen molar-refractivity contribution in [3.05, 3.63) is 40.0 Å². The number of allylic oxidation sites excluding steroid dienone is 1. The fraction of sp³-hybridized carbons (Fsp3) is 0.743. The van der Waals surface area contributed by atoms with Gasteiger partial charge in [-0.05, 0) is 97.3 Å².